The Balaban J connectivity index is 1.48. The second kappa shape index (κ2) is 7.53. The Morgan fingerprint density at radius 2 is 1.81 bits per heavy atom. The van der Waals surface area contributed by atoms with Gasteiger partial charge < -0.3 is 15.0 Å². The van der Waals surface area contributed by atoms with Crippen LogP contribution in [0.4, 0.5) is 17.3 Å². The third-order valence-electron chi connectivity index (χ3n) is 4.19. The molecule has 2 N–H and O–H groups in total. The minimum Gasteiger partial charge on any atom is -0.378 e. The molecule has 1 aromatic heterocycles. The summed E-state index contributed by atoms with van der Waals surface area (Å²) in [4.78, 5) is 6.75. The van der Waals surface area contributed by atoms with E-state index in [1.165, 1.54) is 5.69 Å². The smallest absolute Gasteiger partial charge is 0.246 e. The predicted octanol–water partition coefficient (Wildman–Crippen LogP) is 4.36. The molecule has 0 amide bonds. The van der Waals surface area contributed by atoms with Gasteiger partial charge in [0.2, 0.25) is 5.95 Å². The number of rotatable bonds is 4. The van der Waals surface area contributed by atoms with Gasteiger partial charge in [-0.15, -0.1) is 5.10 Å². The highest BCUT2D eigenvalue weighted by Crippen LogP contribution is 2.32. The highest BCUT2D eigenvalue weighted by Gasteiger charge is 2.13. The molecule has 1 aliphatic heterocycles. The summed E-state index contributed by atoms with van der Waals surface area (Å²) in [6.45, 7) is 3.37. The summed E-state index contributed by atoms with van der Waals surface area (Å²) in [5, 5.41) is 11.2. The van der Waals surface area contributed by atoms with Crippen molar-refractivity contribution < 1.29 is 4.74 Å². The second-order valence-electron chi connectivity index (χ2n) is 5.88. The first-order valence-electron chi connectivity index (χ1n) is 8.27. The molecule has 0 spiro atoms. The zero-order valence-corrected chi connectivity index (χ0v) is 15.4. The molecule has 0 unspecified atom stereocenters. The Hall–Kier alpha value is -2.28. The van der Waals surface area contributed by atoms with Crippen LogP contribution in [-0.4, -0.2) is 41.5 Å². The quantitative estimate of drug-likeness (QED) is 0.693. The van der Waals surface area contributed by atoms with E-state index < -0.39 is 0 Å². The molecule has 1 saturated heterocycles. The number of benzene rings is 2. The van der Waals surface area contributed by atoms with Crippen molar-refractivity contribution in [2.24, 2.45) is 0 Å². The van der Waals surface area contributed by atoms with Crippen LogP contribution in [0, 0.1) is 0 Å². The fraction of sp³-hybridized carbons (Fsp3) is 0.222. The second-order valence-corrected chi connectivity index (χ2v) is 6.67. The van der Waals surface area contributed by atoms with Crippen molar-refractivity contribution in [2.75, 3.05) is 36.5 Å². The number of hydrogen-bond acceptors (Lipinski definition) is 5. The van der Waals surface area contributed by atoms with E-state index >= 15 is 0 Å². The lowest BCUT2D eigenvalue weighted by Crippen LogP contribution is -2.36. The molecule has 2 heterocycles. The van der Waals surface area contributed by atoms with Gasteiger partial charge in [-0.3, -0.25) is 5.10 Å². The van der Waals surface area contributed by atoms with Crippen molar-refractivity contribution in [3.8, 4) is 11.4 Å². The Bertz CT molecular complexity index is 891. The van der Waals surface area contributed by atoms with E-state index in [9.17, 15) is 0 Å². The molecule has 1 fully saturated rings. The summed E-state index contributed by atoms with van der Waals surface area (Å²) in [6, 6.07) is 13.6. The molecule has 0 bridgehead atoms. The lowest BCUT2D eigenvalue weighted by atomic mass is 10.2. The molecule has 26 heavy (non-hydrogen) atoms. The molecule has 2 aromatic carbocycles. The SMILES string of the molecule is Clc1cccc(-c2nc(Nc3ccc(N4CCOCC4)cc3)n[nH]2)c1Cl. The molecule has 0 aliphatic carbocycles. The van der Waals surface area contributed by atoms with Crippen LogP contribution < -0.4 is 10.2 Å². The first-order chi connectivity index (χ1) is 12.7. The highest BCUT2D eigenvalue weighted by molar-refractivity contribution is 6.43. The Kier molecular flexibility index (Phi) is 4.97. The Morgan fingerprint density at radius 3 is 2.58 bits per heavy atom. The molecule has 6 nitrogen and oxygen atoms in total. The molecular formula is C18H17Cl2N5O. The summed E-state index contributed by atoms with van der Waals surface area (Å²) < 4.78 is 5.39. The summed E-state index contributed by atoms with van der Waals surface area (Å²) in [5.74, 6) is 1.03. The Labute approximate surface area is 161 Å². The van der Waals surface area contributed by atoms with Crippen molar-refractivity contribution in [2.45, 2.75) is 0 Å². The summed E-state index contributed by atoms with van der Waals surface area (Å²) >= 11 is 12.3. The van der Waals surface area contributed by atoms with Crippen LogP contribution in [-0.2, 0) is 4.74 Å². The first kappa shape index (κ1) is 17.1. The van der Waals surface area contributed by atoms with Gasteiger partial charge in [0.1, 0.15) is 0 Å². The molecule has 0 saturated carbocycles. The standard InChI is InChI=1S/C18H17Cl2N5O/c19-15-3-1-2-14(16(15)20)17-22-18(24-23-17)21-12-4-6-13(7-5-12)25-8-10-26-11-9-25/h1-7H,8-11H2,(H2,21,22,23,24). The number of anilines is 3. The predicted molar refractivity (Wildman–Crippen MR) is 105 cm³/mol. The zero-order valence-electron chi connectivity index (χ0n) is 13.9. The van der Waals surface area contributed by atoms with E-state index in [0.29, 0.717) is 27.4 Å². The highest BCUT2D eigenvalue weighted by atomic mass is 35.5. The third kappa shape index (κ3) is 3.62. The number of hydrogen-bond donors (Lipinski definition) is 2. The number of H-pyrrole nitrogens is 1. The van der Waals surface area contributed by atoms with Crippen molar-refractivity contribution in [3.05, 3.63) is 52.5 Å². The van der Waals surface area contributed by atoms with Crippen LogP contribution in [0.1, 0.15) is 0 Å². The molecular weight excluding hydrogens is 373 g/mol. The number of morpholine rings is 1. The lowest BCUT2D eigenvalue weighted by molar-refractivity contribution is 0.122. The monoisotopic (exact) mass is 389 g/mol. The van der Waals surface area contributed by atoms with Crippen molar-refractivity contribution in [1.29, 1.82) is 0 Å². The van der Waals surface area contributed by atoms with Crippen LogP contribution in [0.15, 0.2) is 42.5 Å². The van der Waals surface area contributed by atoms with Crippen molar-refractivity contribution >= 4 is 40.5 Å². The van der Waals surface area contributed by atoms with Gasteiger partial charge in [-0.2, -0.15) is 4.98 Å². The van der Waals surface area contributed by atoms with Crippen LogP contribution in [0.5, 0.6) is 0 Å². The van der Waals surface area contributed by atoms with Gasteiger partial charge in [0.15, 0.2) is 5.82 Å². The summed E-state index contributed by atoms with van der Waals surface area (Å²) in [6.07, 6.45) is 0. The maximum absolute atomic E-state index is 6.23. The van der Waals surface area contributed by atoms with E-state index in [2.05, 4.69) is 37.5 Å². The Morgan fingerprint density at radius 1 is 1.04 bits per heavy atom. The van der Waals surface area contributed by atoms with Crippen molar-refractivity contribution in [1.82, 2.24) is 15.2 Å². The van der Waals surface area contributed by atoms with Crippen molar-refractivity contribution in [3.63, 3.8) is 0 Å². The minimum atomic E-state index is 0.451. The number of aromatic amines is 1. The first-order valence-corrected chi connectivity index (χ1v) is 9.03. The van der Waals surface area contributed by atoms with Gasteiger partial charge >= 0.3 is 0 Å². The summed E-state index contributed by atoms with van der Waals surface area (Å²) in [5.41, 5.74) is 2.80. The van der Waals surface area contributed by atoms with Crippen LogP contribution in [0.3, 0.4) is 0 Å². The van der Waals surface area contributed by atoms with Gasteiger partial charge in [-0.1, -0.05) is 29.3 Å². The molecule has 4 rings (SSSR count). The van der Waals surface area contributed by atoms with E-state index in [-0.39, 0.29) is 0 Å². The van der Waals surface area contributed by atoms with Gasteiger partial charge in [-0.05, 0) is 36.4 Å². The van der Waals surface area contributed by atoms with Crippen LogP contribution >= 0.6 is 23.2 Å². The molecule has 0 atom stereocenters. The largest absolute Gasteiger partial charge is 0.378 e. The topological polar surface area (TPSA) is 66.1 Å². The van der Waals surface area contributed by atoms with Gasteiger partial charge in [0, 0.05) is 30.0 Å². The molecule has 3 aromatic rings. The number of aromatic nitrogens is 3. The minimum absolute atomic E-state index is 0.451. The number of nitrogens with one attached hydrogen (secondary N) is 2. The van der Waals surface area contributed by atoms with E-state index in [0.717, 1.165) is 32.0 Å². The fourth-order valence-electron chi connectivity index (χ4n) is 2.83. The van der Waals surface area contributed by atoms with Crippen LogP contribution in [0.2, 0.25) is 10.0 Å². The normalized spacial score (nSPS) is 14.5. The maximum atomic E-state index is 6.23. The fourth-order valence-corrected chi connectivity index (χ4v) is 3.22. The van der Waals surface area contributed by atoms with E-state index in [1.807, 2.05) is 24.3 Å². The van der Waals surface area contributed by atoms with Crippen LogP contribution in [0.25, 0.3) is 11.4 Å². The average Bonchev–Trinajstić information content (AvgIpc) is 3.13. The number of nitrogens with zero attached hydrogens (tertiary/aromatic N) is 3. The van der Waals surface area contributed by atoms with E-state index in [4.69, 9.17) is 27.9 Å². The third-order valence-corrected chi connectivity index (χ3v) is 5.01. The molecule has 8 heteroatoms. The van der Waals surface area contributed by atoms with Gasteiger partial charge in [0.25, 0.3) is 0 Å². The number of ether oxygens (including phenoxy) is 1. The average molecular weight is 390 g/mol. The maximum Gasteiger partial charge on any atom is 0.246 e. The molecule has 0 radical (unpaired) electrons. The van der Waals surface area contributed by atoms with E-state index in [1.54, 1.807) is 6.07 Å². The zero-order chi connectivity index (χ0) is 17.9. The van der Waals surface area contributed by atoms with Gasteiger partial charge in [0.05, 0.1) is 23.3 Å². The van der Waals surface area contributed by atoms with Gasteiger partial charge in [-0.25, -0.2) is 0 Å². The lowest BCUT2D eigenvalue weighted by Gasteiger charge is -2.28. The molecule has 134 valence electrons. The summed E-state index contributed by atoms with van der Waals surface area (Å²) in [7, 11) is 0. The number of halogens is 2. The molecule has 1 aliphatic rings.